The van der Waals surface area contributed by atoms with Crippen LogP contribution in [0.1, 0.15) is 70.8 Å². The van der Waals surface area contributed by atoms with Crippen LogP contribution >= 0.6 is 0 Å². The standard InChI is InChI=1S/C20H31N2O2Se/c1-3-5-6-7-8-9-10-11-12-17-13-15-18(16-14-17)22(19(21)25)20(23)24-4-2/h13-16,21H,3-12H2,1-2H3. The van der Waals surface area contributed by atoms with Crippen LogP contribution < -0.4 is 4.90 Å². The molecule has 1 radical (unpaired) electrons. The maximum atomic E-state index is 12.0. The minimum atomic E-state index is -0.526. The fourth-order valence-electron chi connectivity index (χ4n) is 2.77. The molecule has 0 fully saturated rings. The fraction of sp³-hybridized carbons (Fsp3) is 0.600. The molecule has 0 aliphatic carbocycles. The molecule has 5 heteroatoms. The second-order valence-corrected chi connectivity index (χ2v) is 7.04. The van der Waals surface area contributed by atoms with Crippen molar-refractivity contribution in [2.24, 2.45) is 0 Å². The Morgan fingerprint density at radius 3 is 2.08 bits per heavy atom. The zero-order valence-electron chi connectivity index (χ0n) is 15.6. The molecule has 1 aromatic rings. The first-order valence-corrected chi connectivity index (χ1v) is 10.3. The summed E-state index contributed by atoms with van der Waals surface area (Å²) in [5.41, 5.74) is 1.92. The quantitative estimate of drug-likeness (QED) is 0.229. The Balaban J connectivity index is 2.39. The van der Waals surface area contributed by atoms with E-state index in [0.717, 1.165) is 6.42 Å². The number of rotatable bonds is 11. The first-order chi connectivity index (χ1) is 12.1. The number of anilines is 1. The van der Waals surface area contributed by atoms with Gasteiger partial charge in [-0.05, 0) is 0 Å². The van der Waals surface area contributed by atoms with Crippen molar-refractivity contribution >= 4 is 32.5 Å². The van der Waals surface area contributed by atoms with Crippen LogP contribution in [0.15, 0.2) is 24.3 Å². The third-order valence-corrected chi connectivity index (χ3v) is 4.55. The van der Waals surface area contributed by atoms with Gasteiger partial charge in [0.15, 0.2) is 0 Å². The normalized spacial score (nSPS) is 10.5. The van der Waals surface area contributed by atoms with E-state index in [0.29, 0.717) is 12.3 Å². The number of benzene rings is 1. The van der Waals surface area contributed by atoms with E-state index in [4.69, 9.17) is 10.1 Å². The van der Waals surface area contributed by atoms with Gasteiger partial charge in [-0.15, -0.1) is 0 Å². The molecule has 0 heterocycles. The summed E-state index contributed by atoms with van der Waals surface area (Å²) in [6.07, 6.45) is 11.1. The van der Waals surface area contributed by atoms with Crippen LogP contribution in [0.2, 0.25) is 0 Å². The van der Waals surface area contributed by atoms with E-state index in [1.54, 1.807) is 6.92 Å². The Bertz CT molecular complexity index is 517. The molecule has 0 bridgehead atoms. The number of ether oxygens (including phenoxy) is 1. The third kappa shape index (κ3) is 8.55. The molecule has 0 spiro atoms. The van der Waals surface area contributed by atoms with Gasteiger partial charge in [0.2, 0.25) is 0 Å². The van der Waals surface area contributed by atoms with Crippen molar-refractivity contribution in [1.29, 1.82) is 5.41 Å². The van der Waals surface area contributed by atoms with Gasteiger partial charge in [0.05, 0.1) is 0 Å². The second kappa shape index (κ2) is 13.0. The monoisotopic (exact) mass is 411 g/mol. The predicted molar refractivity (Wildman–Crippen MR) is 106 cm³/mol. The summed E-state index contributed by atoms with van der Waals surface area (Å²) in [4.78, 5) is 13.2. The van der Waals surface area contributed by atoms with E-state index in [-0.39, 0.29) is 4.73 Å². The van der Waals surface area contributed by atoms with Crippen LogP contribution in [0.4, 0.5) is 10.5 Å². The Labute approximate surface area is 160 Å². The fourth-order valence-corrected chi connectivity index (χ4v) is 3.15. The molecule has 1 N–H and O–H groups in total. The molecular formula is C20H31N2O2Se. The van der Waals surface area contributed by atoms with E-state index < -0.39 is 6.09 Å². The SMILES string of the molecule is CCCCCCCCCCc1ccc(N(C(=N)[Se])C(=O)OCC)cc1. The van der Waals surface area contributed by atoms with Gasteiger partial charge in [0, 0.05) is 0 Å². The van der Waals surface area contributed by atoms with Crippen molar-refractivity contribution < 1.29 is 9.53 Å². The molecule has 0 saturated heterocycles. The number of nitrogens with one attached hydrogen (secondary N) is 1. The van der Waals surface area contributed by atoms with E-state index in [1.807, 2.05) is 24.3 Å². The van der Waals surface area contributed by atoms with E-state index in [2.05, 4.69) is 22.9 Å². The summed E-state index contributed by atoms with van der Waals surface area (Å²) in [6.45, 7) is 4.30. The number of aryl methyl sites for hydroxylation is 1. The average molecular weight is 410 g/mol. The molecule has 0 unspecified atom stereocenters. The summed E-state index contributed by atoms with van der Waals surface area (Å²) >= 11 is 2.57. The van der Waals surface area contributed by atoms with Gasteiger partial charge in [-0.3, -0.25) is 0 Å². The van der Waals surface area contributed by atoms with Crippen LogP contribution in [-0.4, -0.2) is 33.4 Å². The number of hydrogen-bond acceptors (Lipinski definition) is 3. The average Bonchev–Trinajstić information content (AvgIpc) is 2.58. The number of carbonyl (C=O) groups excluding carboxylic acids is 1. The van der Waals surface area contributed by atoms with E-state index in [1.165, 1.54) is 61.8 Å². The van der Waals surface area contributed by atoms with Crippen molar-refractivity contribution in [2.75, 3.05) is 11.5 Å². The van der Waals surface area contributed by atoms with Crippen LogP contribution in [0.3, 0.4) is 0 Å². The van der Waals surface area contributed by atoms with Gasteiger partial charge < -0.3 is 0 Å². The molecule has 1 aromatic carbocycles. The molecule has 25 heavy (non-hydrogen) atoms. The van der Waals surface area contributed by atoms with Gasteiger partial charge in [0.1, 0.15) is 0 Å². The first kappa shape index (κ1) is 21.7. The van der Waals surface area contributed by atoms with Crippen LogP contribution in [-0.2, 0) is 11.2 Å². The Morgan fingerprint density at radius 1 is 1.00 bits per heavy atom. The van der Waals surface area contributed by atoms with Crippen molar-refractivity contribution in [3.05, 3.63) is 29.8 Å². The summed E-state index contributed by atoms with van der Waals surface area (Å²) in [5.74, 6) is 0. The van der Waals surface area contributed by atoms with Crippen LogP contribution in [0.5, 0.6) is 0 Å². The molecule has 1 amide bonds. The number of nitrogens with zero attached hydrogens (tertiary/aromatic N) is 1. The van der Waals surface area contributed by atoms with Gasteiger partial charge in [-0.1, -0.05) is 26.2 Å². The second-order valence-electron chi connectivity index (χ2n) is 6.23. The van der Waals surface area contributed by atoms with Crippen molar-refractivity contribution in [3.63, 3.8) is 0 Å². The summed E-state index contributed by atoms with van der Waals surface area (Å²) < 4.78 is 5.04. The molecule has 139 valence electrons. The Kier molecular flexibility index (Phi) is 11.3. The zero-order chi connectivity index (χ0) is 18.5. The summed E-state index contributed by atoms with van der Waals surface area (Å²) in [5, 5.41) is 7.74. The summed E-state index contributed by atoms with van der Waals surface area (Å²) in [6, 6.07) is 7.82. The number of unbranched alkanes of at least 4 members (excludes halogenated alkanes) is 7. The number of amides is 1. The maximum absolute atomic E-state index is 12.0. The first-order valence-electron chi connectivity index (χ1n) is 9.41. The van der Waals surface area contributed by atoms with Crippen LogP contribution in [0.25, 0.3) is 0 Å². The van der Waals surface area contributed by atoms with Crippen LogP contribution in [0, 0.1) is 5.41 Å². The minimum absolute atomic E-state index is 0.0364. The number of carbonyl (C=O) groups is 1. The molecular weight excluding hydrogens is 379 g/mol. The topological polar surface area (TPSA) is 53.4 Å². The van der Waals surface area contributed by atoms with Gasteiger partial charge >= 0.3 is 134 Å². The van der Waals surface area contributed by atoms with E-state index >= 15 is 0 Å². The number of hydrogen-bond donors (Lipinski definition) is 1. The molecule has 0 aromatic heterocycles. The van der Waals surface area contributed by atoms with Gasteiger partial charge in [0.25, 0.3) is 0 Å². The van der Waals surface area contributed by atoms with Crippen molar-refractivity contribution in [3.8, 4) is 0 Å². The predicted octanol–water partition coefficient (Wildman–Crippen LogP) is 5.44. The summed E-state index contributed by atoms with van der Waals surface area (Å²) in [7, 11) is 0. The van der Waals surface area contributed by atoms with Gasteiger partial charge in [-0.25, -0.2) is 0 Å². The zero-order valence-corrected chi connectivity index (χ0v) is 17.3. The van der Waals surface area contributed by atoms with E-state index in [9.17, 15) is 4.79 Å². The Morgan fingerprint density at radius 2 is 1.56 bits per heavy atom. The third-order valence-electron chi connectivity index (χ3n) is 4.17. The van der Waals surface area contributed by atoms with Gasteiger partial charge in [-0.2, -0.15) is 0 Å². The Hall–Kier alpha value is -1.32. The molecule has 0 saturated carbocycles. The number of amidine groups is 1. The molecule has 1 rings (SSSR count). The van der Waals surface area contributed by atoms with Crippen molar-refractivity contribution in [2.45, 2.75) is 71.6 Å². The molecule has 4 nitrogen and oxygen atoms in total. The molecule has 0 aliphatic heterocycles. The molecule has 0 atom stereocenters. The molecule has 0 aliphatic rings. The van der Waals surface area contributed by atoms with Crippen molar-refractivity contribution in [1.82, 2.24) is 0 Å².